The van der Waals surface area contributed by atoms with Gasteiger partial charge in [0.2, 0.25) is 0 Å². The van der Waals surface area contributed by atoms with Crippen molar-refractivity contribution in [2.24, 2.45) is 0 Å². The van der Waals surface area contributed by atoms with Crippen molar-refractivity contribution in [1.29, 1.82) is 0 Å². The summed E-state index contributed by atoms with van der Waals surface area (Å²) < 4.78 is 21.3. The Hall–Kier alpha value is -1.60. The molecule has 128 valence electrons. The molecule has 2 rings (SSSR count). The zero-order valence-electron chi connectivity index (χ0n) is 12.9. The minimum Gasteiger partial charge on any atom is -0.486 e. The standard InChI is InChI=1S/C17H16Br2FNO3/c1-21-14-4-2-3-11(16(14)20)9-24-17-12(18)7-10(8-13(17)19)5-6-15(22)23/h2-4,7-8,21H,5-6,9H2,1H3,(H,22,23). The Morgan fingerprint density at radius 1 is 1.29 bits per heavy atom. The van der Waals surface area contributed by atoms with Gasteiger partial charge >= 0.3 is 5.97 Å². The highest BCUT2D eigenvalue weighted by atomic mass is 79.9. The third-order valence-corrected chi connectivity index (χ3v) is 4.58. The number of aliphatic carboxylic acids is 1. The van der Waals surface area contributed by atoms with Crippen LogP contribution in [0.15, 0.2) is 39.3 Å². The maximum absolute atomic E-state index is 14.2. The normalized spacial score (nSPS) is 10.5. The number of carbonyl (C=O) groups is 1. The smallest absolute Gasteiger partial charge is 0.303 e. The molecule has 24 heavy (non-hydrogen) atoms. The number of anilines is 1. The van der Waals surface area contributed by atoms with Crippen LogP contribution in [0.25, 0.3) is 0 Å². The van der Waals surface area contributed by atoms with Crippen LogP contribution in [0.3, 0.4) is 0 Å². The first-order valence-corrected chi connectivity index (χ1v) is 8.78. The topological polar surface area (TPSA) is 58.6 Å². The molecule has 0 bridgehead atoms. The van der Waals surface area contributed by atoms with E-state index in [1.54, 1.807) is 25.2 Å². The first-order chi connectivity index (χ1) is 11.4. The molecule has 2 aromatic rings. The predicted molar refractivity (Wildman–Crippen MR) is 98.1 cm³/mol. The third-order valence-electron chi connectivity index (χ3n) is 3.41. The number of carboxylic acid groups (broad SMARTS) is 1. The summed E-state index contributed by atoms with van der Waals surface area (Å²) in [6, 6.07) is 8.70. The Labute approximate surface area is 156 Å². The first kappa shape index (κ1) is 18.7. The average Bonchev–Trinajstić information content (AvgIpc) is 2.53. The molecule has 0 saturated carbocycles. The van der Waals surface area contributed by atoms with Crippen molar-refractivity contribution < 1.29 is 19.0 Å². The Kier molecular flexibility index (Phi) is 6.62. The van der Waals surface area contributed by atoms with E-state index in [0.29, 0.717) is 32.4 Å². The summed E-state index contributed by atoms with van der Waals surface area (Å²) in [5.41, 5.74) is 1.72. The number of nitrogens with one attached hydrogen (secondary N) is 1. The number of carboxylic acids is 1. The van der Waals surface area contributed by atoms with E-state index in [-0.39, 0.29) is 18.8 Å². The third kappa shape index (κ3) is 4.70. The SMILES string of the molecule is CNc1cccc(COc2c(Br)cc(CCC(=O)O)cc2Br)c1F. The van der Waals surface area contributed by atoms with Crippen molar-refractivity contribution in [3.05, 3.63) is 56.2 Å². The number of benzene rings is 2. The molecule has 0 heterocycles. The van der Waals surface area contributed by atoms with Crippen molar-refractivity contribution >= 4 is 43.5 Å². The van der Waals surface area contributed by atoms with Gasteiger partial charge in [-0.2, -0.15) is 0 Å². The van der Waals surface area contributed by atoms with Crippen LogP contribution in [0, 0.1) is 5.82 Å². The van der Waals surface area contributed by atoms with Crippen LogP contribution in [0.5, 0.6) is 5.75 Å². The van der Waals surface area contributed by atoms with Gasteiger partial charge in [0.25, 0.3) is 0 Å². The Morgan fingerprint density at radius 3 is 2.54 bits per heavy atom. The Bertz CT molecular complexity index is 730. The number of hydrogen-bond acceptors (Lipinski definition) is 3. The molecule has 0 aliphatic rings. The van der Waals surface area contributed by atoms with Crippen LogP contribution in [0.1, 0.15) is 17.5 Å². The summed E-state index contributed by atoms with van der Waals surface area (Å²) >= 11 is 6.83. The molecule has 0 atom stereocenters. The van der Waals surface area contributed by atoms with Crippen molar-refractivity contribution in [3.63, 3.8) is 0 Å². The first-order valence-electron chi connectivity index (χ1n) is 7.20. The number of hydrogen-bond donors (Lipinski definition) is 2. The van der Waals surface area contributed by atoms with E-state index in [1.165, 1.54) is 0 Å². The average molecular weight is 461 g/mol. The van der Waals surface area contributed by atoms with Crippen molar-refractivity contribution in [3.8, 4) is 5.75 Å². The monoisotopic (exact) mass is 459 g/mol. The summed E-state index contributed by atoms with van der Waals surface area (Å²) in [4.78, 5) is 10.7. The molecule has 0 amide bonds. The minimum atomic E-state index is -0.845. The molecule has 0 aliphatic carbocycles. The largest absolute Gasteiger partial charge is 0.486 e. The molecule has 0 fully saturated rings. The molecule has 2 N–H and O–H groups in total. The van der Waals surface area contributed by atoms with Gasteiger partial charge in [-0.05, 0) is 62.0 Å². The highest BCUT2D eigenvalue weighted by molar-refractivity contribution is 9.11. The van der Waals surface area contributed by atoms with Crippen LogP contribution in [0.4, 0.5) is 10.1 Å². The fourth-order valence-electron chi connectivity index (χ4n) is 2.18. The summed E-state index contributed by atoms with van der Waals surface area (Å²) in [5, 5.41) is 11.5. The number of halogens is 3. The van der Waals surface area contributed by atoms with Crippen molar-refractivity contribution in [2.45, 2.75) is 19.4 Å². The summed E-state index contributed by atoms with van der Waals surface area (Å²) in [6.07, 6.45) is 0.479. The van der Waals surface area contributed by atoms with Gasteiger partial charge in [-0.25, -0.2) is 4.39 Å². The quantitative estimate of drug-likeness (QED) is 0.611. The van der Waals surface area contributed by atoms with Gasteiger partial charge in [-0.3, -0.25) is 4.79 Å². The second-order valence-electron chi connectivity index (χ2n) is 5.10. The van der Waals surface area contributed by atoms with Crippen molar-refractivity contribution in [2.75, 3.05) is 12.4 Å². The summed E-state index contributed by atoms with van der Waals surface area (Å²) in [5.74, 6) is -0.642. The zero-order chi connectivity index (χ0) is 17.7. The molecule has 0 aliphatic heterocycles. The van der Waals surface area contributed by atoms with Gasteiger partial charge in [0.1, 0.15) is 12.4 Å². The van der Waals surface area contributed by atoms with E-state index in [0.717, 1.165) is 5.56 Å². The Balaban J connectivity index is 2.14. The van der Waals surface area contributed by atoms with Gasteiger partial charge in [0.15, 0.2) is 5.82 Å². The zero-order valence-corrected chi connectivity index (χ0v) is 16.1. The predicted octanol–water partition coefficient (Wildman–Crippen LogP) is 4.99. The lowest BCUT2D eigenvalue weighted by Gasteiger charge is -2.13. The van der Waals surface area contributed by atoms with Crippen molar-refractivity contribution in [1.82, 2.24) is 0 Å². The highest BCUT2D eigenvalue weighted by Gasteiger charge is 2.13. The highest BCUT2D eigenvalue weighted by Crippen LogP contribution is 2.36. The second kappa shape index (κ2) is 8.48. The molecule has 2 aromatic carbocycles. The lowest BCUT2D eigenvalue weighted by atomic mass is 10.1. The van der Waals surface area contributed by atoms with Gasteiger partial charge in [-0.1, -0.05) is 12.1 Å². The van der Waals surface area contributed by atoms with Crippen LogP contribution in [-0.4, -0.2) is 18.1 Å². The molecule has 0 spiro atoms. The number of ether oxygens (including phenoxy) is 1. The number of aryl methyl sites for hydroxylation is 1. The van der Waals surface area contributed by atoms with E-state index < -0.39 is 5.97 Å². The minimum absolute atomic E-state index is 0.0567. The molecule has 0 radical (unpaired) electrons. The van der Waals surface area contributed by atoms with E-state index in [2.05, 4.69) is 37.2 Å². The van der Waals surface area contributed by atoms with Gasteiger partial charge in [0, 0.05) is 19.0 Å². The molecule has 0 saturated heterocycles. The molecular weight excluding hydrogens is 445 g/mol. The fraction of sp³-hybridized carbons (Fsp3) is 0.235. The number of rotatable bonds is 7. The van der Waals surface area contributed by atoms with Crippen LogP contribution in [-0.2, 0) is 17.8 Å². The van der Waals surface area contributed by atoms with Crippen LogP contribution >= 0.6 is 31.9 Å². The van der Waals surface area contributed by atoms with Gasteiger partial charge in [-0.15, -0.1) is 0 Å². The van der Waals surface area contributed by atoms with E-state index in [9.17, 15) is 9.18 Å². The van der Waals surface area contributed by atoms with Crippen LogP contribution < -0.4 is 10.1 Å². The molecule has 7 heteroatoms. The van der Waals surface area contributed by atoms with E-state index in [1.807, 2.05) is 12.1 Å². The maximum Gasteiger partial charge on any atom is 0.303 e. The van der Waals surface area contributed by atoms with Crippen LogP contribution in [0.2, 0.25) is 0 Å². The molecule has 0 unspecified atom stereocenters. The van der Waals surface area contributed by atoms with E-state index >= 15 is 0 Å². The lowest BCUT2D eigenvalue weighted by Crippen LogP contribution is -2.03. The van der Waals surface area contributed by atoms with E-state index in [4.69, 9.17) is 9.84 Å². The Morgan fingerprint density at radius 2 is 1.96 bits per heavy atom. The summed E-state index contributed by atoms with van der Waals surface area (Å²) in [6.45, 7) is 0.0764. The summed E-state index contributed by atoms with van der Waals surface area (Å²) in [7, 11) is 1.66. The molecular formula is C17H16Br2FNO3. The lowest BCUT2D eigenvalue weighted by molar-refractivity contribution is -0.136. The second-order valence-corrected chi connectivity index (χ2v) is 6.81. The molecule has 4 nitrogen and oxygen atoms in total. The van der Waals surface area contributed by atoms with Gasteiger partial charge in [0.05, 0.1) is 14.6 Å². The maximum atomic E-state index is 14.2. The van der Waals surface area contributed by atoms with Gasteiger partial charge < -0.3 is 15.2 Å². The molecule has 0 aromatic heterocycles. The fourth-order valence-corrected chi connectivity index (χ4v) is 3.69.